The molecule has 0 aromatic carbocycles. The molecule has 0 saturated heterocycles. The zero-order valence-corrected chi connectivity index (χ0v) is 12.4. The first kappa shape index (κ1) is 15.1. The fraction of sp³-hybridized carbons (Fsp3) is 0.727. The van der Waals surface area contributed by atoms with Crippen LogP contribution in [-0.4, -0.2) is 50.2 Å². The van der Waals surface area contributed by atoms with Crippen molar-refractivity contribution in [2.45, 2.75) is 31.7 Å². The van der Waals surface area contributed by atoms with Crippen molar-refractivity contribution in [3.63, 3.8) is 0 Å². The van der Waals surface area contributed by atoms with E-state index in [-0.39, 0.29) is 16.9 Å². The highest BCUT2D eigenvalue weighted by molar-refractivity contribution is 7.89. The van der Waals surface area contributed by atoms with Crippen LogP contribution in [0.15, 0.2) is 11.1 Å². The molecule has 18 heavy (non-hydrogen) atoms. The zero-order chi connectivity index (χ0) is 13.9. The summed E-state index contributed by atoms with van der Waals surface area (Å²) in [4.78, 5) is 2.18. The molecule has 1 unspecified atom stereocenters. The van der Waals surface area contributed by atoms with E-state index in [0.717, 1.165) is 0 Å². The second-order valence-electron chi connectivity index (χ2n) is 5.09. The van der Waals surface area contributed by atoms with Crippen LogP contribution in [0.1, 0.15) is 19.5 Å². The van der Waals surface area contributed by atoms with Gasteiger partial charge in [0.05, 0.1) is 11.9 Å². The fourth-order valence-corrected chi connectivity index (χ4v) is 3.16. The number of aromatic amines is 1. The van der Waals surface area contributed by atoms with Crippen LogP contribution < -0.4 is 4.72 Å². The highest BCUT2D eigenvalue weighted by Gasteiger charge is 2.25. The molecule has 1 heterocycles. The lowest BCUT2D eigenvalue weighted by Crippen LogP contribution is -2.44. The highest BCUT2D eigenvalue weighted by atomic mass is 32.2. The molecule has 1 aromatic heterocycles. The van der Waals surface area contributed by atoms with E-state index >= 15 is 0 Å². The minimum atomic E-state index is -3.51. The molecule has 0 amide bonds. The Kier molecular flexibility index (Phi) is 4.89. The SMILES string of the molecule is Cc1[nH]ncc1S(=O)(=O)NC(CN(C)C)C(C)C. The lowest BCUT2D eigenvalue weighted by molar-refractivity contribution is 0.314. The largest absolute Gasteiger partial charge is 0.308 e. The quantitative estimate of drug-likeness (QED) is 0.795. The number of H-pyrrole nitrogens is 1. The molecule has 6 nitrogen and oxygen atoms in total. The molecule has 104 valence electrons. The first-order valence-corrected chi connectivity index (χ1v) is 7.39. The van der Waals surface area contributed by atoms with Crippen LogP contribution in [0.5, 0.6) is 0 Å². The lowest BCUT2D eigenvalue weighted by atomic mass is 10.1. The van der Waals surface area contributed by atoms with Gasteiger partial charge in [-0.1, -0.05) is 13.8 Å². The predicted molar refractivity (Wildman–Crippen MR) is 70.8 cm³/mol. The molecular weight excluding hydrogens is 252 g/mol. The van der Waals surface area contributed by atoms with Crippen molar-refractivity contribution in [2.75, 3.05) is 20.6 Å². The van der Waals surface area contributed by atoms with E-state index in [1.165, 1.54) is 6.20 Å². The van der Waals surface area contributed by atoms with E-state index in [4.69, 9.17) is 0 Å². The average molecular weight is 274 g/mol. The van der Waals surface area contributed by atoms with Crippen molar-refractivity contribution >= 4 is 10.0 Å². The van der Waals surface area contributed by atoms with Gasteiger partial charge in [-0.25, -0.2) is 13.1 Å². The molecule has 0 fully saturated rings. The third-order valence-corrected chi connectivity index (χ3v) is 4.35. The normalized spacial score (nSPS) is 14.4. The number of hydrogen-bond acceptors (Lipinski definition) is 4. The van der Waals surface area contributed by atoms with Gasteiger partial charge in [0.1, 0.15) is 4.90 Å². The highest BCUT2D eigenvalue weighted by Crippen LogP contribution is 2.13. The van der Waals surface area contributed by atoms with Gasteiger partial charge in [-0.2, -0.15) is 5.10 Å². The molecule has 0 saturated carbocycles. The molecule has 0 bridgehead atoms. The van der Waals surface area contributed by atoms with Gasteiger partial charge in [0, 0.05) is 12.6 Å². The summed E-state index contributed by atoms with van der Waals surface area (Å²) in [5.41, 5.74) is 0.551. The Morgan fingerprint density at radius 1 is 1.44 bits per heavy atom. The molecule has 0 spiro atoms. The maximum Gasteiger partial charge on any atom is 0.244 e. The molecule has 1 rings (SSSR count). The molecule has 0 radical (unpaired) electrons. The fourth-order valence-electron chi connectivity index (χ4n) is 1.65. The number of nitrogens with zero attached hydrogens (tertiary/aromatic N) is 2. The molecule has 0 aliphatic rings. The maximum absolute atomic E-state index is 12.2. The third-order valence-electron chi connectivity index (χ3n) is 2.75. The maximum atomic E-state index is 12.2. The van der Waals surface area contributed by atoms with Gasteiger partial charge in [-0.15, -0.1) is 0 Å². The molecule has 2 N–H and O–H groups in total. The van der Waals surface area contributed by atoms with Crippen LogP contribution in [0.2, 0.25) is 0 Å². The number of rotatable bonds is 6. The van der Waals surface area contributed by atoms with Crippen molar-refractivity contribution < 1.29 is 8.42 Å². The van der Waals surface area contributed by atoms with E-state index in [2.05, 4.69) is 14.9 Å². The van der Waals surface area contributed by atoms with Crippen LogP contribution in [-0.2, 0) is 10.0 Å². The average Bonchev–Trinajstić information content (AvgIpc) is 2.62. The molecule has 7 heteroatoms. The summed E-state index contributed by atoms with van der Waals surface area (Å²) in [5.74, 6) is 0.217. The second kappa shape index (κ2) is 5.81. The minimum Gasteiger partial charge on any atom is -0.308 e. The summed E-state index contributed by atoms with van der Waals surface area (Å²) in [6, 6.07) is -0.126. The van der Waals surface area contributed by atoms with E-state index in [1.54, 1.807) is 6.92 Å². The molecule has 1 atom stereocenters. The molecule has 0 aliphatic carbocycles. The van der Waals surface area contributed by atoms with E-state index in [9.17, 15) is 8.42 Å². The van der Waals surface area contributed by atoms with Crippen LogP contribution in [0.3, 0.4) is 0 Å². The summed E-state index contributed by atoms with van der Waals surface area (Å²) >= 11 is 0. The summed E-state index contributed by atoms with van der Waals surface area (Å²) in [7, 11) is 0.339. The van der Waals surface area contributed by atoms with Crippen LogP contribution in [0, 0.1) is 12.8 Å². The Morgan fingerprint density at radius 3 is 2.44 bits per heavy atom. The Bertz CT molecular complexity index is 479. The van der Waals surface area contributed by atoms with Crippen molar-refractivity contribution in [3.8, 4) is 0 Å². The number of nitrogens with one attached hydrogen (secondary N) is 2. The zero-order valence-electron chi connectivity index (χ0n) is 11.6. The first-order valence-electron chi connectivity index (χ1n) is 5.91. The Balaban J connectivity index is 2.90. The van der Waals surface area contributed by atoms with Crippen molar-refractivity contribution in [1.82, 2.24) is 19.8 Å². The summed E-state index contributed by atoms with van der Waals surface area (Å²) in [6.07, 6.45) is 1.34. The number of aryl methyl sites for hydroxylation is 1. The van der Waals surface area contributed by atoms with Crippen molar-refractivity contribution in [3.05, 3.63) is 11.9 Å². The summed E-state index contributed by atoms with van der Waals surface area (Å²) in [5, 5.41) is 6.38. The number of hydrogen-bond donors (Lipinski definition) is 2. The van der Waals surface area contributed by atoms with E-state index in [1.807, 2.05) is 32.8 Å². The lowest BCUT2D eigenvalue weighted by Gasteiger charge is -2.25. The van der Waals surface area contributed by atoms with E-state index in [0.29, 0.717) is 12.2 Å². The van der Waals surface area contributed by atoms with Crippen molar-refractivity contribution in [1.29, 1.82) is 0 Å². The van der Waals surface area contributed by atoms with Gasteiger partial charge < -0.3 is 4.90 Å². The number of likely N-dealkylation sites (N-methyl/N-ethyl adjacent to an activating group) is 1. The minimum absolute atomic E-state index is 0.126. The van der Waals surface area contributed by atoms with E-state index < -0.39 is 10.0 Å². The Morgan fingerprint density at radius 2 is 2.06 bits per heavy atom. The van der Waals surface area contributed by atoms with Crippen LogP contribution in [0.4, 0.5) is 0 Å². The molecule has 0 aliphatic heterocycles. The number of aromatic nitrogens is 2. The topological polar surface area (TPSA) is 78.1 Å². The summed E-state index contributed by atoms with van der Waals surface area (Å²) in [6.45, 7) is 6.35. The Labute approximate surface area is 109 Å². The molecule has 1 aromatic rings. The van der Waals surface area contributed by atoms with Crippen LogP contribution in [0.25, 0.3) is 0 Å². The Hall–Kier alpha value is -0.920. The predicted octanol–water partition coefficient (Wildman–Crippen LogP) is 0.583. The van der Waals surface area contributed by atoms with Gasteiger partial charge in [-0.3, -0.25) is 5.10 Å². The van der Waals surface area contributed by atoms with Crippen molar-refractivity contribution in [2.24, 2.45) is 5.92 Å². The second-order valence-corrected chi connectivity index (χ2v) is 6.78. The first-order chi connectivity index (χ1) is 8.24. The van der Waals surface area contributed by atoms with Gasteiger partial charge in [0.25, 0.3) is 0 Å². The standard InChI is InChI=1S/C11H22N4O2S/c1-8(2)10(7-15(4)5)14-18(16,17)11-6-12-13-9(11)3/h6,8,10,14H,7H2,1-5H3,(H,12,13). The summed E-state index contributed by atoms with van der Waals surface area (Å²) < 4.78 is 27.2. The van der Waals surface area contributed by atoms with Gasteiger partial charge >= 0.3 is 0 Å². The van der Waals surface area contributed by atoms with Crippen LogP contribution >= 0.6 is 0 Å². The monoisotopic (exact) mass is 274 g/mol. The smallest absolute Gasteiger partial charge is 0.244 e. The van der Waals surface area contributed by atoms with Gasteiger partial charge in [0.15, 0.2) is 0 Å². The molecular formula is C11H22N4O2S. The van der Waals surface area contributed by atoms with Gasteiger partial charge in [-0.05, 0) is 26.9 Å². The van der Waals surface area contributed by atoms with Gasteiger partial charge in [0.2, 0.25) is 10.0 Å². The third kappa shape index (κ3) is 3.79. The number of sulfonamides is 1.